The van der Waals surface area contributed by atoms with Crippen molar-refractivity contribution >= 4 is 28.9 Å². The number of hydrogen-bond acceptors (Lipinski definition) is 5. The third-order valence-electron chi connectivity index (χ3n) is 5.13. The van der Waals surface area contributed by atoms with E-state index in [1.54, 1.807) is 0 Å². The predicted octanol–water partition coefficient (Wildman–Crippen LogP) is 3.39. The summed E-state index contributed by atoms with van der Waals surface area (Å²) in [7, 11) is 2.88. The largest absolute Gasteiger partial charge is 0.396 e. The quantitative estimate of drug-likeness (QED) is 0.699. The van der Waals surface area contributed by atoms with E-state index in [2.05, 4.69) is 5.10 Å². The summed E-state index contributed by atoms with van der Waals surface area (Å²) in [5, 5.41) is 16.9. The predicted molar refractivity (Wildman–Crippen MR) is 110 cm³/mol. The van der Waals surface area contributed by atoms with Crippen LogP contribution in [0.4, 0.5) is 10.1 Å². The molecule has 1 aliphatic rings. The number of halogens is 2. The Morgan fingerprint density at radius 3 is 2.72 bits per heavy atom. The number of amides is 1. The van der Waals surface area contributed by atoms with Crippen LogP contribution in [0.1, 0.15) is 18.4 Å². The van der Waals surface area contributed by atoms with Gasteiger partial charge in [-0.05, 0) is 36.6 Å². The molecule has 0 aliphatic carbocycles. The molecule has 1 unspecified atom stereocenters. The van der Waals surface area contributed by atoms with E-state index in [0.29, 0.717) is 17.9 Å². The van der Waals surface area contributed by atoms with E-state index >= 15 is 0 Å². The van der Waals surface area contributed by atoms with E-state index in [-0.39, 0.29) is 24.6 Å². The molecule has 0 saturated carbocycles. The lowest BCUT2D eigenvalue weighted by molar-refractivity contribution is -0.160. The highest BCUT2D eigenvalue weighted by Crippen LogP contribution is 2.40. The Morgan fingerprint density at radius 1 is 1.34 bits per heavy atom. The van der Waals surface area contributed by atoms with Crippen LogP contribution in [0.25, 0.3) is 0 Å². The summed E-state index contributed by atoms with van der Waals surface area (Å²) in [5.74, 6) is -0.921. The Bertz CT molecular complexity index is 909. The van der Waals surface area contributed by atoms with Crippen molar-refractivity contribution in [3.05, 3.63) is 64.9 Å². The van der Waals surface area contributed by atoms with Crippen molar-refractivity contribution in [2.75, 3.05) is 32.3 Å². The minimum atomic E-state index is -0.845. The molecule has 1 amide bonds. The maximum absolute atomic E-state index is 14.6. The first-order chi connectivity index (χ1) is 13.9. The molecule has 1 N–H and O–H groups in total. The molecular formula is C21H23ClFN3O3. The van der Waals surface area contributed by atoms with Crippen molar-refractivity contribution in [2.24, 2.45) is 5.10 Å². The van der Waals surface area contributed by atoms with Crippen LogP contribution < -0.4 is 5.01 Å². The standard InChI is InChI=1S/C21H23ClFN3O3/c1-25(29-2)20(28)19-21(11-6-12-27,15-7-4-3-5-8-15)14-26(24-19)18-13-16(22)9-10-17(18)23/h3-5,7-10,13,27H,6,11-12,14H2,1-2H3. The number of anilines is 1. The summed E-state index contributed by atoms with van der Waals surface area (Å²) in [6.07, 6.45) is 0.901. The Morgan fingerprint density at radius 2 is 2.07 bits per heavy atom. The highest BCUT2D eigenvalue weighted by molar-refractivity contribution is 6.43. The lowest BCUT2D eigenvalue weighted by Crippen LogP contribution is -2.46. The number of aliphatic hydroxyl groups excluding tert-OH is 1. The molecule has 154 valence electrons. The van der Waals surface area contributed by atoms with Gasteiger partial charge in [-0.15, -0.1) is 0 Å². The number of rotatable bonds is 7. The molecule has 1 aliphatic heterocycles. The maximum atomic E-state index is 14.6. The molecule has 0 aromatic heterocycles. The molecule has 1 heterocycles. The first-order valence-corrected chi connectivity index (χ1v) is 9.61. The third-order valence-corrected chi connectivity index (χ3v) is 5.37. The molecule has 0 fully saturated rings. The molecule has 3 rings (SSSR count). The van der Waals surface area contributed by atoms with Gasteiger partial charge in [0.05, 0.1) is 24.8 Å². The van der Waals surface area contributed by atoms with Crippen LogP contribution in [0.15, 0.2) is 53.6 Å². The average Bonchev–Trinajstić information content (AvgIpc) is 3.14. The van der Waals surface area contributed by atoms with Gasteiger partial charge in [-0.1, -0.05) is 41.9 Å². The van der Waals surface area contributed by atoms with E-state index in [9.17, 15) is 14.3 Å². The van der Waals surface area contributed by atoms with Gasteiger partial charge in [-0.25, -0.2) is 9.45 Å². The molecule has 0 saturated heterocycles. The molecule has 0 spiro atoms. The van der Waals surface area contributed by atoms with E-state index in [1.807, 2.05) is 30.3 Å². The van der Waals surface area contributed by atoms with Crippen molar-refractivity contribution in [1.29, 1.82) is 0 Å². The maximum Gasteiger partial charge on any atom is 0.294 e. The van der Waals surface area contributed by atoms with Crippen LogP contribution in [0.5, 0.6) is 0 Å². The van der Waals surface area contributed by atoms with Crippen LogP contribution in [0.2, 0.25) is 5.02 Å². The van der Waals surface area contributed by atoms with Gasteiger partial charge < -0.3 is 5.11 Å². The Hall–Kier alpha value is -2.48. The number of hydrogen-bond donors (Lipinski definition) is 1. The van der Waals surface area contributed by atoms with Gasteiger partial charge in [-0.2, -0.15) is 5.10 Å². The second-order valence-corrected chi connectivity index (χ2v) is 7.30. The summed E-state index contributed by atoms with van der Waals surface area (Å²) < 4.78 is 14.6. The number of aliphatic hydroxyl groups is 1. The van der Waals surface area contributed by atoms with Crippen LogP contribution in [0, 0.1) is 5.82 Å². The summed E-state index contributed by atoms with van der Waals surface area (Å²) in [5.41, 5.74) is 0.420. The van der Waals surface area contributed by atoms with E-state index in [0.717, 1.165) is 10.6 Å². The third kappa shape index (κ3) is 4.12. The number of carbonyl (C=O) groups excluding carboxylic acids is 1. The summed E-state index contributed by atoms with van der Waals surface area (Å²) in [6.45, 7) is 0.189. The number of hydrazone groups is 1. The fourth-order valence-corrected chi connectivity index (χ4v) is 3.76. The molecule has 2 aromatic carbocycles. The first-order valence-electron chi connectivity index (χ1n) is 9.23. The first kappa shape index (κ1) is 21.2. The van der Waals surface area contributed by atoms with Crippen molar-refractivity contribution < 1.29 is 19.1 Å². The van der Waals surface area contributed by atoms with Gasteiger partial charge in [0.1, 0.15) is 11.5 Å². The zero-order valence-electron chi connectivity index (χ0n) is 16.3. The van der Waals surface area contributed by atoms with Crippen molar-refractivity contribution in [2.45, 2.75) is 18.3 Å². The molecule has 1 atom stereocenters. The second-order valence-electron chi connectivity index (χ2n) is 6.86. The van der Waals surface area contributed by atoms with Crippen LogP contribution in [-0.4, -0.2) is 49.1 Å². The van der Waals surface area contributed by atoms with E-state index in [1.165, 1.54) is 37.4 Å². The Labute approximate surface area is 174 Å². The second kappa shape index (κ2) is 8.90. The zero-order valence-corrected chi connectivity index (χ0v) is 17.1. The topological polar surface area (TPSA) is 65.4 Å². The molecule has 8 heteroatoms. The lowest BCUT2D eigenvalue weighted by atomic mass is 9.73. The van der Waals surface area contributed by atoms with Crippen molar-refractivity contribution in [3.8, 4) is 0 Å². The van der Waals surface area contributed by atoms with Crippen LogP contribution in [0.3, 0.4) is 0 Å². The van der Waals surface area contributed by atoms with Gasteiger partial charge >= 0.3 is 0 Å². The lowest BCUT2D eigenvalue weighted by Gasteiger charge is -2.32. The fourth-order valence-electron chi connectivity index (χ4n) is 3.59. The average molecular weight is 420 g/mol. The Balaban J connectivity index is 2.16. The number of nitrogens with zero attached hydrogens (tertiary/aromatic N) is 3. The molecular weight excluding hydrogens is 397 g/mol. The molecule has 6 nitrogen and oxygen atoms in total. The molecule has 0 radical (unpaired) electrons. The van der Waals surface area contributed by atoms with E-state index in [4.69, 9.17) is 16.4 Å². The number of hydroxylamine groups is 2. The van der Waals surface area contributed by atoms with Gasteiger partial charge in [0, 0.05) is 18.7 Å². The summed E-state index contributed by atoms with van der Waals surface area (Å²) >= 11 is 6.07. The van der Waals surface area contributed by atoms with Gasteiger partial charge in [0.15, 0.2) is 0 Å². The van der Waals surface area contributed by atoms with Crippen molar-refractivity contribution in [3.63, 3.8) is 0 Å². The SMILES string of the molecule is CON(C)C(=O)C1=NN(c2cc(Cl)ccc2F)CC1(CCCO)c1ccccc1. The normalized spacial score (nSPS) is 18.7. The summed E-state index contributed by atoms with van der Waals surface area (Å²) in [4.78, 5) is 18.2. The molecule has 2 aromatic rings. The minimum absolute atomic E-state index is 0.0400. The number of carbonyl (C=O) groups is 1. The van der Waals surface area contributed by atoms with Gasteiger partial charge in [0.2, 0.25) is 0 Å². The van der Waals surface area contributed by atoms with Gasteiger partial charge in [-0.3, -0.25) is 14.6 Å². The van der Waals surface area contributed by atoms with Gasteiger partial charge in [0.25, 0.3) is 5.91 Å². The highest BCUT2D eigenvalue weighted by atomic mass is 35.5. The zero-order chi connectivity index (χ0) is 21.0. The monoisotopic (exact) mass is 419 g/mol. The molecule has 0 bridgehead atoms. The fraction of sp³-hybridized carbons (Fsp3) is 0.333. The van der Waals surface area contributed by atoms with Crippen LogP contribution >= 0.6 is 11.6 Å². The smallest absolute Gasteiger partial charge is 0.294 e. The highest BCUT2D eigenvalue weighted by Gasteiger charge is 2.48. The molecule has 29 heavy (non-hydrogen) atoms. The Kier molecular flexibility index (Phi) is 6.52. The summed E-state index contributed by atoms with van der Waals surface area (Å²) in [6, 6.07) is 13.7. The minimum Gasteiger partial charge on any atom is -0.396 e. The van der Waals surface area contributed by atoms with Crippen LogP contribution in [-0.2, 0) is 15.0 Å². The van der Waals surface area contributed by atoms with E-state index < -0.39 is 17.1 Å². The number of benzene rings is 2. The van der Waals surface area contributed by atoms with Crippen molar-refractivity contribution in [1.82, 2.24) is 5.06 Å².